The smallest absolute Gasteiger partial charge is 0.251 e. The highest BCUT2D eigenvalue weighted by Gasteiger charge is 2.23. The number of amides is 1. The van der Waals surface area contributed by atoms with Gasteiger partial charge in [-0.2, -0.15) is 0 Å². The Kier molecular flexibility index (Phi) is 2.75. The first kappa shape index (κ1) is 10.6. The monoisotopic (exact) mass is 230 g/mol. The lowest BCUT2D eigenvalue weighted by Gasteiger charge is -2.17. The number of nitrogens with one attached hydrogen (secondary N) is 1. The molecule has 17 heavy (non-hydrogen) atoms. The maximum absolute atomic E-state index is 11.8. The molecular weight excluding hydrogens is 212 g/mol. The van der Waals surface area contributed by atoms with Crippen molar-refractivity contribution in [1.82, 2.24) is 5.32 Å². The van der Waals surface area contributed by atoms with Crippen LogP contribution in [0.1, 0.15) is 36.0 Å². The van der Waals surface area contributed by atoms with E-state index in [-0.39, 0.29) is 5.91 Å². The van der Waals surface area contributed by atoms with E-state index in [1.54, 1.807) is 0 Å². The lowest BCUT2D eigenvalue weighted by atomic mass is 10.2. The molecule has 0 spiro atoms. The van der Waals surface area contributed by atoms with Crippen LogP contribution in [0.5, 0.6) is 0 Å². The summed E-state index contributed by atoms with van der Waals surface area (Å²) in [5.74, 6) is 0.0699. The number of nitrogens with zero attached hydrogens (tertiary/aromatic N) is 1. The second kappa shape index (κ2) is 4.40. The van der Waals surface area contributed by atoms with Crippen LogP contribution in [0, 0.1) is 0 Å². The fraction of sp³-hybridized carbons (Fsp3) is 0.500. The van der Waals surface area contributed by atoms with Crippen molar-refractivity contribution < 1.29 is 4.79 Å². The Morgan fingerprint density at radius 1 is 1.12 bits per heavy atom. The molecule has 1 aliphatic heterocycles. The van der Waals surface area contributed by atoms with E-state index < -0.39 is 0 Å². The molecular formula is C14H18N2O. The molecule has 90 valence electrons. The van der Waals surface area contributed by atoms with E-state index in [1.807, 2.05) is 12.1 Å². The molecule has 0 unspecified atom stereocenters. The number of benzene rings is 1. The molecule has 2 fully saturated rings. The van der Waals surface area contributed by atoms with Crippen molar-refractivity contribution in [3.05, 3.63) is 29.8 Å². The Hall–Kier alpha value is -1.51. The molecule has 1 aliphatic carbocycles. The van der Waals surface area contributed by atoms with Crippen molar-refractivity contribution in [2.75, 3.05) is 18.0 Å². The van der Waals surface area contributed by atoms with Gasteiger partial charge >= 0.3 is 0 Å². The van der Waals surface area contributed by atoms with Crippen LogP contribution in [0.2, 0.25) is 0 Å². The number of carbonyl (C=O) groups excluding carboxylic acids is 1. The highest BCUT2D eigenvalue weighted by atomic mass is 16.1. The van der Waals surface area contributed by atoms with Crippen molar-refractivity contribution in [1.29, 1.82) is 0 Å². The molecule has 0 bridgehead atoms. The van der Waals surface area contributed by atoms with Crippen LogP contribution in [0.15, 0.2) is 24.3 Å². The molecule has 1 aromatic carbocycles. The van der Waals surface area contributed by atoms with E-state index in [1.165, 1.54) is 18.5 Å². The Balaban J connectivity index is 1.67. The molecule has 1 aromatic rings. The molecule has 0 aromatic heterocycles. The van der Waals surface area contributed by atoms with E-state index in [0.717, 1.165) is 31.5 Å². The molecule has 2 aliphatic rings. The lowest BCUT2D eigenvalue weighted by molar-refractivity contribution is 0.0951. The largest absolute Gasteiger partial charge is 0.372 e. The van der Waals surface area contributed by atoms with Crippen molar-refractivity contribution >= 4 is 11.6 Å². The zero-order valence-corrected chi connectivity index (χ0v) is 9.98. The van der Waals surface area contributed by atoms with E-state index >= 15 is 0 Å². The Bertz CT molecular complexity index is 403. The summed E-state index contributed by atoms with van der Waals surface area (Å²) in [6, 6.07) is 8.43. The summed E-state index contributed by atoms with van der Waals surface area (Å²) >= 11 is 0. The maximum atomic E-state index is 11.8. The lowest BCUT2D eigenvalue weighted by Crippen LogP contribution is -2.25. The van der Waals surface area contributed by atoms with Gasteiger partial charge in [-0.15, -0.1) is 0 Å². The summed E-state index contributed by atoms with van der Waals surface area (Å²) in [6.45, 7) is 2.29. The van der Waals surface area contributed by atoms with Gasteiger partial charge in [-0.25, -0.2) is 0 Å². The van der Waals surface area contributed by atoms with Crippen LogP contribution >= 0.6 is 0 Å². The summed E-state index contributed by atoms with van der Waals surface area (Å²) < 4.78 is 0. The third-order valence-corrected chi connectivity index (χ3v) is 3.51. The van der Waals surface area contributed by atoms with Gasteiger partial charge in [0.05, 0.1) is 0 Å². The first-order valence-electron chi connectivity index (χ1n) is 6.49. The third kappa shape index (κ3) is 2.43. The molecule has 3 rings (SSSR count). The Morgan fingerprint density at radius 2 is 1.76 bits per heavy atom. The highest BCUT2D eigenvalue weighted by molar-refractivity contribution is 5.94. The second-order valence-electron chi connectivity index (χ2n) is 4.99. The molecule has 0 atom stereocenters. The van der Waals surface area contributed by atoms with Crippen LogP contribution < -0.4 is 10.2 Å². The van der Waals surface area contributed by atoms with Gasteiger partial charge in [0.2, 0.25) is 0 Å². The zero-order valence-electron chi connectivity index (χ0n) is 9.98. The number of anilines is 1. The number of hydrogen-bond donors (Lipinski definition) is 1. The fourth-order valence-corrected chi connectivity index (χ4v) is 2.30. The minimum Gasteiger partial charge on any atom is -0.372 e. The first-order valence-corrected chi connectivity index (χ1v) is 6.49. The van der Waals surface area contributed by atoms with E-state index in [0.29, 0.717) is 6.04 Å². The molecule has 1 saturated carbocycles. The van der Waals surface area contributed by atoms with Gasteiger partial charge in [-0.05, 0) is 49.9 Å². The molecule has 1 saturated heterocycles. The van der Waals surface area contributed by atoms with Gasteiger partial charge in [0.25, 0.3) is 5.91 Å². The molecule has 1 N–H and O–H groups in total. The average molecular weight is 230 g/mol. The fourth-order valence-electron chi connectivity index (χ4n) is 2.30. The van der Waals surface area contributed by atoms with E-state index in [2.05, 4.69) is 22.3 Å². The normalized spacial score (nSPS) is 19.4. The summed E-state index contributed by atoms with van der Waals surface area (Å²) in [5, 5.41) is 3.01. The quantitative estimate of drug-likeness (QED) is 0.863. The highest BCUT2D eigenvalue weighted by Crippen LogP contribution is 2.22. The minimum absolute atomic E-state index is 0.0699. The molecule has 1 heterocycles. The van der Waals surface area contributed by atoms with Crippen LogP contribution in [-0.4, -0.2) is 25.0 Å². The predicted molar refractivity (Wildman–Crippen MR) is 68.4 cm³/mol. The average Bonchev–Trinajstić information content (AvgIpc) is 3.00. The van der Waals surface area contributed by atoms with Crippen LogP contribution in [0.3, 0.4) is 0 Å². The zero-order chi connectivity index (χ0) is 11.7. The van der Waals surface area contributed by atoms with Crippen LogP contribution in [0.4, 0.5) is 5.69 Å². The standard InChI is InChI=1S/C14H18N2O/c17-14(15-12-5-6-12)11-3-7-13(8-4-11)16-9-1-2-10-16/h3-4,7-8,12H,1-2,5-6,9-10H2,(H,15,17). The minimum atomic E-state index is 0.0699. The van der Waals surface area contributed by atoms with Crippen molar-refractivity contribution in [2.24, 2.45) is 0 Å². The predicted octanol–water partition coefficient (Wildman–Crippen LogP) is 2.18. The molecule has 3 nitrogen and oxygen atoms in total. The Labute approximate surface area is 102 Å². The van der Waals surface area contributed by atoms with Gasteiger partial charge in [-0.1, -0.05) is 0 Å². The van der Waals surface area contributed by atoms with Gasteiger partial charge in [0.15, 0.2) is 0 Å². The summed E-state index contributed by atoms with van der Waals surface area (Å²) in [4.78, 5) is 14.2. The van der Waals surface area contributed by atoms with E-state index in [4.69, 9.17) is 0 Å². The van der Waals surface area contributed by atoms with Crippen LogP contribution in [-0.2, 0) is 0 Å². The van der Waals surface area contributed by atoms with Crippen molar-refractivity contribution in [2.45, 2.75) is 31.7 Å². The maximum Gasteiger partial charge on any atom is 0.251 e. The van der Waals surface area contributed by atoms with Crippen LogP contribution in [0.25, 0.3) is 0 Å². The number of carbonyl (C=O) groups is 1. The van der Waals surface area contributed by atoms with Gasteiger partial charge in [0, 0.05) is 30.4 Å². The molecule has 3 heteroatoms. The second-order valence-corrected chi connectivity index (χ2v) is 4.99. The van der Waals surface area contributed by atoms with Gasteiger partial charge in [0.1, 0.15) is 0 Å². The SMILES string of the molecule is O=C(NC1CC1)c1ccc(N2CCCC2)cc1. The van der Waals surface area contributed by atoms with Gasteiger partial charge in [-0.3, -0.25) is 4.79 Å². The first-order chi connectivity index (χ1) is 8.33. The molecule has 1 amide bonds. The number of rotatable bonds is 3. The van der Waals surface area contributed by atoms with Crippen molar-refractivity contribution in [3.8, 4) is 0 Å². The Morgan fingerprint density at radius 3 is 2.35 bits per heavy atom. The topological polar surface area (TPSA) is 32.3 Å². The molecule has 0 radical (unpaired) electrons. The summed E-state index contributed by atoms with van der Waals surface area (Å²) in [7, 11) is 0. The van der Waals surface area contributed by atoms with Crippen molar-refractivity contribution in [3.63, 3.8) is 0 Å². The summed E-state index contributed by atoms with van der Waals surface area (Å²) in [6.07, 6.45) is 4.84. The summed E-state index contributed by atoms with van der Waals surface area (Å²) in [5.41, 5.74) is 2.02. The third-order valence-electron chi connectivity index (χ3n) is 3.51. The van der Waals surface area contributed by atoms with E-state index in [9.17, 15) is 4.79 Å². The number of hydrogen-bond acceptors (Lipinski definition) is 2. The van der Waals surface area contributed by atoms with Gasteiger partial charge < -0.3 is 10.2 Å².